The molecule has 2 heteroatoms. The minimum Gasteiger partial charge on any atom is -0.380 e. The van der Waals surface area contributed by atoms with Crippen LogP contribution in [-0.4, -0.2) is 25.3 Å². The van der Waals surface area contributed by atoms with Gasteiger partial charge in [-0.15, -0.1) is 0 Å². The van der Waals surface area contributed by atoms with Gasteiger partial charge >= 0.3 is 0 Å². The molecule has 0 amide bonds. The third-order valence-corrected chi connectivity index (χ3v) is 4.18. The van der Waals surface area contributed by atoms with Gasteiger partial charge in [0.1, 0.15) is 0 Å². The van der Waals surface area contributed by atoms with Crippen molar-refractivity contribution in [3.05, 3.63) is 0 Å². The van der Waals surface area contributed by atoms with E-state index in [0.717, 1.165) is 19.1 Å². The van der Waals surface area contributed by atoms with E-state index in [0.29, 0.717) is 12.1 Å². The van der Waals surface area contributed by atoms with Gasteiger partial charge < -0.3 is 10.1 Å². The number of hydrogen-bond acceptors (Lipinski definition) is 2. The summed E-state index contributed by atoms with van der Waals surface area (Å²) in [4.78, 5) is 0. The molecule has 0 radical (unpaired) electrons. The standard InChI is InChI=1S/C14H27NO/c1-12(15-14-9-10-16-11-14)7-8-13-5-3-2-4-6-13/h12-15H,2-11H2,1H3. The Labute approximate surface area is 100 Å². The van der Waals surface area contributed by atoms with Crippen molar-refractivity contribution in [3.63, 3.8) is 0 Å². The first-order valence-corrected chi connectivity index (χ1v) is 7.18. The van der Waals surface area contributed by atoms with Crippen molar-refractivity contribution < 1.29 is 4.74 Å². The monoisotopic (exact) mass is 225 g/mol. The highest BCUT2D eigenvalue weighted by Crippen LogP contribution is 2.27. The number of hydrogen-bond donors (Lipinski definition) is 1. The van der Waals surface area contributed by atoms with E-state index in [2.05, 4.69) is 12.2 Å². The first-order valence-electron chi connectivity index (χ1n) is 7.18. The molecule has 2 fully saturated rings. The fraction of sp³-hybridized carbons (Fsp3) is 1.00. The molecule has 1 N–H and O–H groups in total. The fourth-order valence-electron chi connectivity index (χ4n) is 3.11. The lowest BCUT2D eigenvalue weighted by Gasteiger charge is -2.24. The predicted molar refractivity (Wildman–Crippen MR) is 67.6 cm³/mol. The Hall–Kier alpha value is -0.0800. The van der Waals surface area contributed by atoms with Gasteiger partial charge in [0.15, 0.2) is 0 Å². The maximum Gasteiger partial charge on any atom is 0.0620 e. The van der Waals surface area contributed by atoms with Crippen LogP contribution in [-0.2, 0) is 4.74 Å². The van der Waals surface area contributed by atoms with Crippen LogP contribution in [0.1, 0.15) is 58.3 Å². The molecule has 2 rings (SSSR count). The number of nitrogens with one attached hydrogen (secondary N) is 1. The van der Waals surface area contributed by atoms with Crippen molar-refractivity contribution in [1.29, 1.82) is 0 Å². The second-order valence-corrected chi connectivity index (χ2v) is 5.71. The average Bonchev–Trinajstić information content (AvgIpc) is 2.81. The molecule has 16 heavy (non-hydrogen) atoms. The molecule has 2 aliphatic rings. The second kappa shape index (κ2) is 6.61. The Balaban J connectivity index is 1.57. The van der Waals surface area contributed by atoms with Gasteiger partial charge in [-0.1, -0.05) is 32.1 Å². The summed E-state index contributed by atoms with van der Waals surface area (Å²) in [5.74, 6) is 1.03. The SMILES string of the molecule is CC(CCC1CCCCC1)NC1CCOC1. The molecule has 1 saturated heterocycles. The summed E-state index contributed by atoms with van der Waals surface area (Å²) in [6, 6.07) is 1.30. The highest BCUT2D eigenvalue weighted by atomic mass is 16.5. The van der Waals surface area contributed by atoms with Crippen LogP contribution < -0.4 is 5.32 Å². The molecule has 2 unspecified atom stereocenters. The third-order valence-electron chi connectivity index (χ3n) is 4.18. The normalized spacial score (nSPS) is 29.4. The number of rotatable bonds is 5. The van der Waals surface area contributed by atoms with Gasteiger partial charge in [0.05, 0.1) is 6.61 Å². The zero-order chi connectivity index (χ0) is 11.2. The summed E-state index contributed by atoms with van der Waals surface area (Å²) in [7, 11) is 0. The van der Waals surface area contributed by atoms with Gasteiger partial charge in [-0.05, 0) is 32.1 Å². The van der Waals surface area contributed by atoms with Crippen LogP contribution in [0.15, 0.2) is 0 Å². The summed E-state index contributed by atoms with van der Waals surface area (Å²) in [6.07, 6.45) is 11.4. The molecular weight excluding hydrogens is 198 g/mol. The van der Waals surface area contributed by atoms with E-state index in [-0.39, 0.29) is 0 Å². The molecule has 1 aliphatic carbocycles. The minimum atomic E-state index is 0.626. The molecule has 0 spiro atoms. The zero-order valence-electron chi connectivity index (χ0n) is 10.7. The minimum absolute atomic E-state index is 0.626. The fourth-order valence-corrected chi connectivity index (χ4v) is 3.11. The average molecular weight is 225 g/mol. The van der Waals surface area contributed by atoms with E-state index in [1.165, 1.54) is 51.4 Å². The predicted octanol–water partition coefficient (Wildman–Crippen LogP) is 3.11. The smallest absolute Gasteiger partial charge is 0.0620 e. The van der Waals surface area contributed by atoms with Crippen LogP contribution in [0.5, 0.6) is 0 Å². The van der Waals surface area contributed by atoms with E-state index in [4.69, 9.17) is 4.74 Å². The van der Waals surface area contributed by atoms with Crippen molar-refractivity contribution in [2.75, 3.05) is 13.2 Å². The van der Waals surface area contributed by atoms with Gasteiger partial charge in [0.2, 0.25) is 0 Å². The molecular formula is C14H27NO. The zero-order valence-corrected chi connectivity index (χ0v) is 10.7. The molecule has 0 aromatic carbocycles. The van der Waals surface area contributed by atoms with Crippen LogP contribution in [0.3, 0.4) is 0 Å². The Morgan fingerprint density at radius 1 is 1.19 bits per heavy atom. The Bertz CT molecular complexity index is 183. The quantitative estimate of drug-likeness (QED) is 0.776. The first kappa shape index (κ1) is 12.4. The largest absolute Gasteiger partial charge is 0.380 e. The van der Waals surface area contributed by atoms with Crippen molar-refractivity contribution in [3.8, 4) is 0 Å². The molecule has 1 aliphatic heterocycles. The van der Waals surface area contributed by atoms with Crippen molar-refractivity contribution in [2.45, 2.75) is 70.4 Å². The first-order chi connectivity index (χ1) is 7.84. The lowest BCUT2D eigenvalue weighted by Crippen LogP contribution is -2.37. The number of ether oxygens (including phenoxy) is 1. The summed E-state index contributed by atoms with van der Waals surface area (Å²) in [6.45, 7) is 4.21. The molecule has 0 aromatic heterocycles. The van der Waals surface area contributed by atoms with Crippen LogP contribution in [0, 0.1) is 5.92 Å². The maximum absolute atomic E-state index is 5.39. The Morgan fingerprint density at radius 2 is 2.00 bits per heavy atom. The summed E-state index contributed by atoms with van der Waals surface area (Å²) < 4.78 is 5.39. The van der Waals surface area contributed by atoms with Crippen LogP contribution in [0.4, 0.5) is 0 Å². The topological polar surface area (TPSA) is 21.3 Å². The summed E-state index contributed by atoms with van der Waals surface area (Å²) >= 11 is 0. The lowest BCUT2D eigenvalue weighted by molar-refractivity contribution is 0.187. The molecule has 2 atom stereocenters. The van der Waals surface area contributed by atoms with Crippen LogP contribution in [0.25, 0.3) is 0 Å². The lowest BCUT2D eigenvalue weighted by atomic mass is 9.85. The molecule has 94 valence electrons. The van der Waals surface area contributed by atoms with Gasteiger partial charge in [0, 0.05) is 18.7 Å². The third kappa shape index (κ3) is 4.06. The Morgan fingerprint density at radius 3 is 2.69 bits per heavy atom. The van der Waals surface area contributed by atoms with Gasteiger partial charge in [-0.25, -0.2) is 0 Å². The second-order valence-electron chi connectivity index (χ2n) is 5.71. The van der Waals surface area contributed by atoms with E-state index in [1.807, 2.05) is 0 Å². The van der Waals surface area contributed by atoms with Crippen LogP contribution >= 0.6 is 0 Å². The molecule has 2 nitrogen and oxygen atoms in total. The summed E-state index contributed by atoms with van der Waals surface area (Å²) in [5.41, 5.74) is 0. The van der Waals surface area contributed by atoms with Crippen LogP contribution in [0.2, 0.25) is 0 Å². The highest BCUT2D eigenvalue weighted by Gasteiger charge is 2.19. The Kier molecular flexibility index (Phi) is 5.11. The van der Waals surface area contributed by atoms with E-state index in [1.54, 1.807) is 0 Å². The molecule has 1 saturated carbocycles. The van der Waals surface area contributed by atoms with Gasteiger partial charge in [-0.2, -0.15) is 0 Å². The molecule has 1 heterocycles. The van der Waals surface area contributed by atoms with Gasteiger partial charge in [-0.3, -0.25) is 0 Å². The van der Waals surface area contributed by atoms with Crippen molar-refractivity contribution in [2.24, 2.45) is 5.92 Å². The molecule has 0 aromatic rings. The van der Waals surface area contributed by atoms with Gasteiger partial charge in [0.25, 0.3) is 0 Å². The summed E-state index contributed by atoms with van der Waals surface area (Å²) in [5, 5.41) is 3.69. The van der Waals surface area contributed by atoms with E-state index in [9.17, 15) is 0 Å². The maximum atomic E-state index is 5.39. The van der Waals surface area contributed by atoms with Crippen molar-refractivity contribution in [1.82, 2.24) is 5.32 Å². The molecule has 0 bridgehead atoms. The van der Waals surface area contributed by atoms with E-state index >= 15 is 0 Å². The van der Waals surface area contributed by atoms with Crippen molar-refractivity contribution >= 4 is 0 Å². The van der Waals surface area contributed by atoms with E-state index < -0.39 is 0 Å². The highest BCUT2D eigenvalue weighted by molar-refractivity contribution is 4.76.